The van der Waals surface area contributed by atoms with Crippen LogP contribution in [0.2, 0.25) is 0 Å². The molecule has 0 radical (unpaired) electrons. The van der Waals surface area contributed by atoms with E-state index in [4.69, 9.17) is 0 Å². The van der Waals surface area contributed by atoms with Gasteiger partial charge in [0.15, 0.2) is 0 Å². The highest BCUT2D eigenvalue weighted by molar-refractivity contribution is 6.10. The molecular formula is C22H19N3O3. The Balaban J connectivity index is 1.79. The molecule has 3 aromatic carbocycles. The van der Waals surface area contributed by atoms with Crippen molar-refractivity contribution in [1.29, 1.82) is 0 Å². The summed E-state index contributed by atoms with van der Waals surface area (Å²) in [5.41, 5.74) is 3.97. The molecule has 0 unspecified atom stereocenters. The van der Waals surface area contributed by atoms with Crippen molar-refractivity contribution < 1.29 is 14.7 Å². The fourth-order valence-corrected chi connectivity index (χ4v) is 2.69. The Morgan fingerprint density at radius 2 is 1.39 bits per heavy atom. The third-order valence-electron chi connectivity index (χ3n) is 4.24. The van der Waals surface area contributed by atoms with E-state index in [0.717, 1.165) is 16.8 Å². The number of nitrogens with zero attached hydrogens (tertiary/aromatic N) is 2. The van der Waals surface area contributed by atoms with Crippen molar-refractivity contribution in [2.75, 3.05) is 5.32 Å². The zero-order valence-electron chi connectivity index (χ0n) is 15.5. The van der Waals surface area contributed by atoms with Gasteiger partial charge in [-0.05, 0) is 61.4 Å². The van der Waals surface area contributed by atoms with Gasteiger partial charge >= 0.3 is 5.97 Å². The molecular weight excluding hydrogens is 354 g/mol. The molecule has 0 spiro atoms. The number of carbonyl (C=O) groups is 2. The Morgan fingerprint density at radius 1 is 0.786 bits per heavy atom. The van der Waals surface area contributed by atoms with Crippen LogP contribution in [0.3, 0.4) is 0 Å². The summed E-state index contributed by atoms with van der Waals surface area (Å²) in [4.78, 5) is 23.8. The highest BCUT2D eigenvalue weighted by Crippen LogP contribution is 2.26. The maximum absolute atomic E-state index is 12.5. The summed E-state index contributed by atoms with van der Waals surface area (Å²) in [6, 6.07) is 19.0. The van der Waals surface area contributed by atoms with Gasteiger partial charge < -0.3 is 10.4 Å². The number of hydrogen-bond donors (Lipinski definition) is 2. The van der Waals surface area contributed by atoms with Crippen LogP contribution in [0.15, 0.2) is 77.0 Å². The first-order chi connectivity index (χ1) is 13.5. The number of anilines is 1. The number of nitrogens with one attached hydrogen (secondary N) is 1. The minimum Gasteiger partial charge on any atom is -0.478 e. The fourth-order valence-electron chi connectivity index (χ4n) is 2.69. The zero-order valence-corrected chi connectivity index (χ0v) is 15.5. The van der Waals surface area contributed by atoms with E-state index in [2.05, 4.69) is 15.5 Å². The lowest BCUT2D eigenvalue weighted by atomic mass is 10.1. The first kappa shape index (κ1) is 19.0. The number of aromatic carboxylic acids is 1. The number of aryl methyl sites for hydroxylation is 2. The van der Waals surface area contributed by atoms with E-state index >= 15 is 0 Å². The van der Waals surface area contributed by atoms with E-state index in [1.807, 2.05) is 38.1 Å². The quantitative estimate of drug-likeness (QED) is 0.565. The molecule has 6 nitrogen and oxygen atoms in total. The lowest BCUT2D eigenvalue weighted by Gasteiger charge is -2.09. The maximum Gasteiger partial charge on any atom is 0.336 e. The summed E-state index contributed by atoms with van der Waals surface area (Å²) in [7, 11) is 0. The van der Waals surface area contributed by atoms with Crippen molar-refractivity contribution in [3.05, 3.63) is 89.0 Å². The van der Waals surface area contributed by atoms with Gasteiger partial charge in [0.2, 0.25) is 0 Å². The van der Waals surface area contributed by atoms with Crippen molar-refractivity contribution in [2.45, 2.75) is 13.8 Å². The Bertz CT molecular complexity index is 1070. The van der Waals surface area contributed by atoms with Crippen LogP contribution in [0.1, 0.15) is 31.8 Å². The molecule has 0 aromatic heterocycles. The zero-order chi connectivity index (χ0) is 20.1. The Hall–Kier alpha value is -3.80. The van der Waals surface area contributed by atoms with Gasteiger partial charge in [-0.1, -0.05) is 30.3 Å². The van der Waals surface area contributed by atoms with Gasteiger partial charge in [0.25, 0.3) is 5.91 Å². The highest BCUT2D eigenvalue weighted by Gasteiger charge is 2.16. The molecule has 0 heterocycles. The minimum absolute atomic E-state index is 0.0413. The molecule has 6 heteroatoms. The largest absolute Gasteiger partial charge is 0.478 e. The smallest absolute Gasteiger partial charge is 0.336 e. The first-order valence-corrected chi connectivity index (χ1v) is 8.67. The average Bonchev–Trinajstić information content (AvgIpc) is 2.68. The van der Waals surface area contributed by atoms with Crippen molar-refractivity contribution in [3.63, 3.8) is 0 Å². The second kappa shape index (κ2) is 8.26. The van der Waals surface area contributed by atoms with Gasteiger partial charge in [-0.2, -0.15) is 10.2 Å². The van der Waals surface area contributed by atoms with Crippen LogP contribution >= 0.6 is 0 Å². The van der Waals surface area contributed by atoms with E-state index in [1.165, 1.54) is 12.1 Å². The molecule has 0 saturated carbocycles. The number of carboxylic acids is 1. The predicted octanol–water partition coefficient (Wildman–Crippen LogP) is 5.67. The molecule has 3 aromatic rings. The van der Waals surface area contributed by atoms with Crippen LogP contribution < -0.4 is 5.32 Å². The van der Waals surface area contributed by atoms with Crippen LogP contribution in [0.25, 0.3) is 0 Å². The van der Waals surface area contributed by atoms with Crippen LogP contribution in [-0.4, -0.2) is 17.0 Å². The molecule has 1 amide bonds. The summed E-state index contributed by atoms with van der Waals surface area (Å²) in [6.45, 7) is 3.84. The van der Waals surface area contributed by atoms with Crippen molar-refractivity contribution in [1.82, 2.24) is 0 Å². The second-order valence-corrected chi connectivity index (χ2v) is 6.29. The normalized spacial score (nSPS) is 10.8. The number of carbonyl (C=O) groups excluding carboxylic acids is 1. The van der Waals surface area contributed by atoms with Gasteiger partial charge in [0.05, 0.1) is 22.5 Å². The summed E-state index contributed by atoms with van der Waals surface area (Å²) < 4.78 is 0. The minimum atomic E-state index is -1.14. The van der Waals surface area contributed by atoms with Crippen LogP contribution in [0.5, 0.6) is 0 Å². The third-order valence-corrected chi connectivity index (χ3v) is 4.24. The SMILES string of the molecule is Cc1ccccc1N=Nc1ccc(NC(=O)c2ccccc2C(=O)O)cc1C. The lowest BCUT2D eigenvalue weighted by molar-refractivity contribution is 0.0692. The van der Waals surface area contributed by atoms with Gasteiger partial charge in [0.1, 0.15) is 0 Å². The Labute approximate surface area is 162 Å². The van der Waals surface area contributed by atoms with Gasteiger partial charge in [-0.15, -0.1) is 0 Å². The number of azo groups is 1. The van der Waals surface area contributed by atoms with E-state index in [9.17, 15) is 14.7 Å². The Kier molecular flexibility index (Phi) is 5.60. The molecule has 0 fully saturated rings. The summed E-state index contributed by atoms with van der Waals surface area (Å²) in [5, 5.41) is 20.5. The average molecular weight is 373 g/mol. The molecule has 0 saturated heterocycles. The van der Waals surface area contributed by atoms with E-state index in [0.29, 0.717) is 11.4 Å². The molecule has 0 aliphatic carbocycles. The van der Waals surface area contributed by atoms with Crippen molar-refractivity contribution in [3.8, 4) is 0 Å². The van der Waals surface area contributed by atoms with Gasteiger partial charge in [-0.25, -0.2) is 4.79 Å². The van der Waals surface area contributed by atoms with Crippen LogP contribution in [0, 0.1) is 13.8 Å². The molecule has 28 heavy (non-hydrogen) atoms. The summed E-state index contributed by atoms with van der Waals surface area (Å²) >= 11 is 0. The third kappa shape index (κ3) is 4.29. The van der Waals surface area contributed by atoms with E-state index < -0.39 is 11.9 Å². The first-order valence-electron chi connectivity index (χ1n) is 8.67. The molecule has 0 atom stereocenters. The molecule has 0 bridgehead atoms. The second-order valence-electron chi connectivity index (χ2n) is 6.29. The molecule has 140 valence electrons. The van der Waals surface area contributed by atoms with E-state index in [-0.39, 0.29) is 11.1 Å². The predicted molar refractivity (Wildman–Crippen MR) is 108 cm³/mol. The number of benzene rings is 3. The highest BCUT2D eigenvalue weighted by atomic mass is 16.4. The maximum atomic E-state index is 12.5. The van der Waals surface area contributed by atoms with Crippen molar-refractivity contribution >= 4 is 28.9 Å². The summed E-state index contributed by atoms with van der Waals surface area (Å²) in [5.74, 6) is -1.62. The molecule has 3 rings (SSSR count). The Morgan fingerprint density at radius 3 is 2.04 bits per heavy atom. The lowest BCUT2D eigenvalue weighted by Crippen LogP contribution is -2.16. The standard InChI is InChI=1S/C22H19N3O3/c1-14-7-3-6-10-19(14)24-25-20-12-11-16(13-15(20)2)23-21(26)17-8-4-5-9-18(17)22(27)28/h3-13H,1-2H3,(H,23,26)(H,27,28). The molecule has 0 aliphatic rings. The monoisotopic (exact) mass is 373 g/mol. The fraction of sp³-hybridized carbons (Fsp3) is 0.0909. The van der Waals surface area contributed by atoms with Gasteiger partial charge in [0, 0.05) is 5.69 Å². The van der Waals surface area contributed by atoms with E-state index in [1.54, 1.807) is 30.3 Å². The number of carboxylic acid groups (broad SMARTS) is 1. The topological polar surface area (TPSA) is 91.1 Å². The summed E-state index contributed by atoms with van der Waals surface area (Å²) in [6.07, 6.45) is 0. The van der Waals surface area contributed by atoms with Crippen molar-refractivity contribution in [2.24, 2.45) is 10.2 Å². The van der Waals surface area contributed by atoms with Crippen LogP contribution in [0.4, 0.5) is 17.1 Å². The number of rotatable bonds is 5. The number of hydrogen-bond acceptors (Lipinski definition) is 4. The van der Waals surface area contributed by atoms with Gasteiger partial charge in [-0.3, -0.25) is 4.79 Å². The molecule has 2 N–H and O–H groups in total. The van der Waals surface area contributed by atoms with Crippen LogP contribution in [-0.2, 0) is 0 Å². The number of amides is 1. The molecule has 0 aliphatic heterocycles.